The van der Waals surface area contributed by atoms with Gasteiger partial charge in [-0.2, -0.15) is 5.26 Å². The zero-order valence-corrected chi connectivity index (χ0v) is 18.4. The minimum Gasteiger partial charge on any atom is -0.444 e. The van der Waals surface area contributed by atoms with E-state index in [1.807, 2.05) is 36.4 Å². The number of carbonyl (C=O) groups excluding carboxylic acids is 1. The van der Waals surface area contributed by atoms with Crippen LogP contribution in [0.5, 0.6) is 0 Å². The first kappa shape index (κ1) is 21.4. The Balaban J connectivity index is 1.66. The molecule has 0 unspecified atom stereocenters. The van der Waals surface area contributed by atoms with Gasteiger partial charge in [-0.05, 0) is 56.0 Å². The van der Waals surface area contributed by atoms with Crippen molar-refractivity contribution in [1.29, 1.82) is 5.26 Å². The van der Waals surface area contributed by atoms with Gasteiger partial charge in [-0.3, -0.25) is 4.57 Å². The Kier molecular flexibility index (Phi) is 6.13. The van der Waals surface area contributed by atoms with Gasteiger partial charge in [0.15, 0.2) is 5.58 Å². The van der Waals surface area contributed by atoms with E-state index in [0.29, 0.717) is 12.0 Å². The second kappa shape index (κ2) is 8.59. The summed E-state index contributed by atoms with van der Waals surface area (Å²) in [6.07, 6.45) is 0.0146. The van der Waals surface area contributed by atoms with Crippen molar-refractivity contribution >= 4 is 26.9 Å². The van der Waals surface area contributed by atoms with Crippen molar-refractivity contribution in [3.05, 3.63) is 58.6 Å². The smallest absolute Gasteiger partial charge is 0.419 e. The van der Waals surface area contributed by atoms with E-state index in [4.69, 9.17) is 9.15 Å². The number of oxazole rings is 1. The Labute approximate surface area is 177 Å². The molecule has 0 bridgehead atoms. The van der Waals surface area contributed by atoms with E-state index >= 15 is 0 Å². The molecule has 0 saturated carbocycles. The van der Waals surface area contributed by atoms with Crippen molar-refractivity contribution in [2.45, 2.75) is 38.3 Å². The van der Waals surface area contributed by atoms with Crippen LogP contribution in [0.25, 0.3) is 22.2 Å². The molecular weight excluding hydrogens is 398 g/mol. The van der Waals surface area contributed by atoms with Crippen molar-refractivity contribution in [1.82, 2.24) is 9.55 Å². The van der Waals surface area contributed by atoms with Crippen molar-refractivity contribution in [2.24, 2.45) is 7.05 Å². The highest BCUT2D eigenvalue weighted by Gasteiger charge is 2.18. The van der Waals surface area contributed by atoms with Crippen LogP contribution >= 0.6 is 0 Å². The molecule has 1 N–H and O–H groups in total. The maximum atomic E-state index is 11.8. The Morgan fingerprint density at radius 1 is 1.23 bits per heavy atom. The average Bonchev–Trinajstić information content (AvgIpc) is 2.98. The zero-order chi connectivity index (χ0) is 21.9. The highest BCUT2D eigenvalue weighted by Crippen LogP contribution is 2.25. The van der Waals surface area contributed by atoms with E-state index < -0.39 is 11.7 Å². The summed E-state index contributed by atoms with van der Waals surface area (Å²) >= 11 is 0. The molecule has 154 valence electrons. The quantitative estimate of drug-likeness (QED) is 0.632. The van der Waals surface area contributed by atoms with Crippen molar-refractivity contribution in [3.63, 3.8) is 0 Å². The molecule has 30 heavy (non-hydrogen) atoms. The van der Waals surface area contributed by atoms with E-state index in [9.17, 15) is 14.9 Å². The van der Waals surface area contributed by atoms with Gasteiger partial charge in [0.25, 0.3) is 0 Å². The lowest BCUT2D eigenvalue weighted by Crippen LogP contribution is -2.36. The maximum absolute atomic E-state index is 11.8. The third kappa shape index (κ3) is 5.18. The number of rotatable bonds is 5. The van der Waals surface area contributed by atoms with Crippen LogP contribution in [0.1, 0.15) is 26.3 Å². The fourth-order valence-corrected chi connectivity index (χ4v) is 3.70. The van der Waals surface area contributed by atoms with Crippen molar-refractivity contribution in [3.8, 4) is 17.2 Å². The van der Waals surface area contributed by atoms with Crippen LogP contribution in [0.3, 0.4) is 0 Å². The molecule has 1 heterocycles. The van der Waals surface area contributed by atoms with E-state index in [0.717, 1.165) is 22.2 Å². The number of hydrogen-bond acceptors (Lipinski definition) is 5. The van der Waals surface area contributed by atoms with Crippen LogP contribution in [-0.4, -0.2) is 25.9 Å². The van der Waals surface area contributed by atoms with E-state index in [1.54, 1.807) is 33.9 Å². The molecule has 2 radical (unpaired) electrons. The molecule has 0 aliphatic heterocycles. The Hall–Kier alpha value is -3.31. The molecule has 2 aromatic carbocycles. The molecular formula is C22H23N3O4Si. The molecule has 1 amide bonds. The summed E-state index contributed by atoms with van der Waals surface area (Å²) in [5, 5.41) is 9.42. The summed E-state index contributed by atoms with van der Waals surface area (Å²) in [6.45, 7) is 5.38. The summed E-state index contributed by atoms with van der Waals surface area (Å²) < 4.78 is 11.9. The first-order chi connectivity index (χ1) is 14.2. The average molecular weight is 422 g/mol. The number of aromatic nitrogens is 1. The highest BCUT2D eigenvalue weighted by molar-refractivity contribution is 6.39. The summed E-state index contributed by atoms with van der Waals surface area (Å²) in [4.78, 5) is 26.1. The summed E-state index contributed by atoms with van der Waals surface area (Å²) in [5.41, 5.74) is 3.35. The SMILES string of the molecule is Cn1c(=O)oc2ccc(-c3ccc(C[C@@H](C#N)[Si]NC(=O)OC(C)(C)C)cc3)cc21. The minimum atomic E-state index is -0.571. The predicted octanol–water partition coefficient (Wildman–Crippen LogP) is 3.80. The molecule has 7 nitrogen and oxygen atoms in total. The molecule has 3 aromatic rings. The van der Waals surface area contributed by atoms with Crippen LogP contribution in [-0.2, 0) is 18.2 Å². The van der Waals surface area contributed by atoms with Gasteiger partial charge >= 0.3 is 11.8 Å². The van der Waals surface area contributed by atoms with Gasteiger partial charge in [0.1, 0.15) is 5.60 Å². The van der Waals surface area contributed by atoms with E-state index in [1.165, 1.54) is 4.57 Å². The number of benzene rings is 2. The molecule has 1 aromatic heterocycles. The number of fused-ring (bicyclic) bond motifs is 1. The Morgan fingerprint density at radius 2 is 1.90 bits per heavy atom. The van der Waals surface area contributed by atoms with Crippen molar-refractivity contribution in [2.75, 3.05) is 0 Å². The van der Waals surface area contributed by atoms with E-state index in [-0.39, 0.29) is 21.0 Å². The molecule has 0 aliphatic carbocycles. The Morgan fingerprint density at radius 3 is 2.53 bits per heavy atom. The number of nitrogens with one attached hydrogen (secondary N) is 1. The lowest BCUT2D eigenvalue weighted by Gasteiger charge is -2.20. The van der Waals surface area contributed by atoms with Gasteiger partial charge in [0.2, 0.25) is 9.68 Å². The fraction of sp³-hybridized carbons (Fsp3) is 0.318. The van der Waals surface area contributed by atoms with Crippen LogP contribution in [0.4, 0.5) is 4.79 Å². The van der Waals surface area contributed by atoms with Gasteiger partial charge in [0.05, 0.1) is 17.1 Å². The number of carbonyl (C=O) groups is 1. The molecule has 0 spiro atoms. The van der Waals surface area contributed by atoms with Gasteiger partial charge in [-0.1, -0.05) is 30.3 Å². The van der Waals surface area contributed by atoms with Crippen LogP contribution in [0.15, 0.2) is 51.7 Å². The van der Waals surface area contributed by atoms with Gasteiger partial charge < -0.3 is 14.1 Å². The molecule has 3 rings (SSSR count). The largest absolute Gasteiger partial charge is 0.444 e. The topological polar surface area (TPSA) is 97.3 Å². The summed E-state index contributed by atoms with van der Waals surface area (Å²) in [6, 6.07) is 15.7. The highest BCUT2D eigenvalue weighted by atomic mass is 28.2. The lowest BCUT2D eigenvalue weighted by atomic mass is 10.0. The first-order valence-corrected chi connectivity index (χ1v) is 10.6. The Bertz CT molecular complexity index is 1150. The number of nitrogens with zero attached hydrogens (tertiary/aromatic N) is 2. The van der Waals surface area contributed by atoms with Crippen LogP contribution in [0.2, 0.25) is 5.54 Å². The second-order valence-electron chi connectivity index (χ2n) is 7.96. The number of ether oxygens (including phenoxy) is 1. The molecule has 0 fully saturated rings. The number of nitriles is 1. The number of amides is 1. The molecule has 8 heteroatoms. The second-order valence-corrected chi connectivity index (χ2v) is 9.20. The van der Waals surface area contributed by atoms with Gasteiger partial charge in [0, 0.05) is 7.05 Å². The molecule has 0 aliphatic rings. The van der Waals surface area contributed by atoms with E-state index in [2.05, 4.69) is 11.1 Å². The summed E-state index contributed by atoms with van der Waals surface area (Å²) in [7, 11) is 1.62. The van der Waals surface area contributed by atoms with Crippen molar-refractivity contribution < 1.29 is 13.9 Å². The lowest BCUT2D eigenvalue weighted by molar-refractivity contribution is 0.0568. The third-order valence-corrected chi connectivity index (χ3v) is 5.45. The van der Waals surface area contributed by atoms with Gasteiger partial charge in [-0.15, -0.1) is 0 Å². The zero-order valence-electron chi connectivity index (χ0n) is 17.4. The first-order valence-electron chi connectivity index (χ1n) is 9.49. The van der Waals surface area contributed by atoms with Crippen LogP contribution < -0.4 is 10.7 Å². The summed E-state index contributed by atoms with van der Waals surface area (Å²) in [5.74, 6) is -0.388. The normalized spacial score (nSPS) is 12.4. The van der Waals surface area contributed by atoms with Gasteiger partial charge in [-0.25, -0.2) is 9.59 Å². The number of aryl methyl sites for hydroxylation is 1. The minimum absolute atomic E-state index is 0.0534. The fourth-order valence-electron chi connectivity index (χ4n) is 2.95. The standard InChI is InChI=1S/C22H23N3O4Si/c1-22(2,3)29-20(26)24-30-17(13-23)11-14-5-7-15(8-6-14)16-9-10-19-18(12-16)25(4)21(27)28-19/h5-10,12,17H,11H2,1-4H3,(H,24,26)/t17-/m0/s1. The monoisotopic (exact) mass is 421 g/mol. The molecule has 1 atom stereocenters. The number of hydrogen-bond donors (Lipinski definition) is 1. The maximum Gasteiger partial charge on any atom is 0.419 e. The molecule has 0 saturated heterocycles. The predicted molar refractivity (Wildman–Crippen MR) is 115 cm³/mol. The van der Waals surface area contributed by atoms with Crippen LogP contribution in [0, 0.1) is 11.3 Å². The third-order valence-electron chi connectivity index (χ3n) is 4.42.